The van der Waals surface area contributed by atoms with Crippen molar-refractivity contribution in [3.8, 4) is 0 Å². The monoisotopic (exact) mass is 293 g/mol. The smallest absolute Gasteiger partial charge is 0.279 e. The van der Waals surface area contributed by atoms with Crippen LogP contribution in [-0.4, -0.2) is 70.0 Å². The molecule has 1 N–H and O–H groups in total. The van der Waals surface area contributed by atoms with E-state index in [9.17, 15) is 13.2 Å². The lowest BCUT2D eigenvalue weighted by atomic mass is 10.0. The van der Waals surface area contributed by atoms with Crippen LogP contribution in [0.5, 0.6) is 0 Å². The minimum Gasteiger partial charge on any atom is -0.378 e. The molecule has 1 amide bonds. The minimum atomic E-state index is -3.62. The lowest BCUT2D eigenvalue weighted by Gasteiger charge is -2.32. The number of hydrogen-bond donors (Lipinski definition) is 1. The predicted octanol–water partition coefficient (Wildman–Crippen LogP) is -0.734. The number of carbonyl (C=O) groups is 1. The molecular weight excluding hydrogens is 270 g/mol. The molecule has 0 aliphatic carbocycles. The van der Waals surface area contributed by atoms with Gasteiger partial charge in [-0.05, 0) is 5.92 Å². The lowest BCUT2D eigenvalue weighted by molar-refractivity contribution is -0.138. The first-order valence-corrected chi connectivity index (χ1v) is 7.76. The van der Waals surface area contributed by atoms with Gasteiger partial charge in [0.25, 0.3) is 10.2 Å². The quantitative estimate of drug-likeness (QED) is 0.724. The van der Waals surface area contributed by atoms with Crippen LogP contribution in [0, 0.1) is 5.92 Å². The summed E-state index contributed by atoms with van der Waals surface area (Å²) < 4.78 is 32.4. The van der Waals surface area contributed by atoms with E-state index in [1.54, 1.807) is 4.90 Å². The molecule has 1 rings (SSSR count). The Hall–Kier alpha value is -0.700. The summed E-state index contributed by atoms with van der Waals surface area (Å²) in [6.07, 6.45) is 0. The van der Waals surface area contributed by atoms with Crippen LogP contribution in [0.1, 0.15) is 13.8 Å². The molecule has 7 nitrogen and oxygen atoms in total. The second-order valence-corrected chi connectivity index (χ2v) is 6.98. The zero-order chi connectivity index (χ0) is 14.6. The number of carbonyl (C=O) groups excluding carboxylic acids is 1. The fourth-order valence-electron chi connectivity index (χ4n) is 1.72. The Kier molecular flexibility index (Phi) is 5.72. The summed E-state index contributed by atoms with van der Waals surface area (Å²) in [5.74, 6) is -0.311. The fourth-order valence-corrected chi connectivity index (χ4v) is 2.62. The molecule has 112 valence electrons. The van der Waals surface area contributed by atoms with E-state index in [0.717, 1.165) is 4.31 Å². The highest BCUT2D eigenvalue weighted by molar-refractivity contribution is 7.87. The molecule has 8 heteroatoms. The minimum absolute atomic E-state index is 0.120. The molecule has 0 aromatic rings. The summed E-state index contributed by atoms with van der Waals surface area (Å²) in [6, 6.07) is -0.745. The average molecular weight is 293 g/mol. The molecule has 0 bridgehead atoms. The van der Waals surface area contributed by atoms with Crippen LogP contribution in [0.3, 0.4) is 0 Å². The highest BCUT2D eigenvalue weighted by Gasteiger charge is 2.32. The van der Waals surface area contributed by atoms with E-state index >= 15 is 0 Å². The standard InChI is InChI=1S/C11H23N3O4S/c1-9(2)10(12-19(16,17)13(3)4)11(15)14-5-7-18-8-6-14/h9-10,12H,5-8H2,1-4H3/t10-/m0/s1. The van der Waals surface area contributed by atoms with Crippen molar-refractivity contribution in [2.24, 2.45) is 5.92 Å². The number of morpholine rings is 1. The Bertz CT molecular complexity index is 402. The third-order valence-corrected chi connectivity index (χ3v) is 4.53. The Balaban J connectivity index is 2.80. The van der Waals surface area contributed by atoms with Crippen molar-refractivity contribution in [2.75, 3.05) is 40.4 Å². The third-order valence-electron chi connectivity index (χ3n) is 3.01. The number of ether oxygens (including phenoxy) is 1. The molecule has 1 saturated heterocycles. The van der Waals surface area contributed by atoms with Crippen LogP contribution in [-0.2, 0) is 19.7 Å². The van der Waals surface area contributed by atoms with Gasteiger partial charge >= 0.3 is 0 Å². The Labute approximate surface area is 115 Å². The maximum atomic E-state index is 12.4. The predicted molar refractivity (Wildman–Crippen MR) is 71.8 cm³/mol. The molecule has 0 unspecified atom stereocenters. The number of amides is 1. The van der Waals surface area contributed by atoms with Gasteiger partial charge in [-0.1, -0.05) is 13.8 Å². The van der Waals surface area contributed by atoms with Crippen LogP contribution in [0.25, 0.3) is 0 Å². The molecule has 1 fully saturated rings. The molecular formula is C11H23N3O4S. The highest BCUT2D eigenvalue weighted by Crippen LogP contribution is 2.10. The SMILES string of the molecule is CC(C)[C@H](NS(=O)(=O)N(C)C)C(=O)N1CCOCC1. The van der Waals surface area contributed by atoms with Crippen LogP contribution < -0.4 is 4.72 Å². The zero-order valence-electron chi connectivity index (χ0n) is 11.9. The molecule has 0 radical (unpaired) electrons. The summed E-state index contributed by atoms with van der Waals surface area (Å²) in [5, 5.41) is 0. The molecule has 1 aliphatic rings. The van der Waals surface area contributed by atoms with E-state index in [4.69, 9.17) is 4.74 Å². The Morgan fingerprint density at radius 1 is 1.26 bits per heavy atom. The summed E-state index contributed by atoms with van der Waals surface area (Å²) in [5.41, 5.74) is 0. The molecule has 0 aromatic heterocycles. The topological polar surface area (TPSA) is 79.0 Å². The molecule has 1 heterocycles. The highest BCUT2D eigenvalue weighted by atomic mass is 32.2. The second-order valence-electron chi connectivity index (χ2n) is 5.06. The molecule has 0 aromatic carbocycles. The fraction of sp³-hybridized carbons (Fsp3) is 0.909. The van der Waals surface area contributed by atoms with E-state index in [-0.39, 0.29) is 11.8 Å². The molecule has 0 spiro atoms. The van der Waals surface area contributed by atoms with E-state index in [2.05, 4.69) is 4.72 Å². The Morgan fingerprint density at radius 2 is 1.79 bits per heavy atom. The van der Waals surface area contributed by atoms with Crippen LogP contribution in [0.4, 0.5) is 0 Å². The number of nitrogens with one attached hydrogen (secondary N) is 1. The molecule has 19 heavy (non-hydrogen) atoms. The van der Waals surface area contributed by atoms with Gasteiger partial charge in [-0.15, -0.1) is 0 Å². The molecule has 1 atom stereocenters. The van der Waals surface area contributed by atoms with Gasteiger partial charge in [-0.25, -0.2) is 0 Å². The van der Waals surface area contributed by atoms with Crippen molar-refractivity contribution in [1.29, 1.82) is 0 Å². The lowest BCUT2D eigenvalue weighted by Crippen LogP contribution is -2.55. The largest absolute Gasteiger partial charge is 0.378 e. The maximum Gasteiger partial charge on any atom is 0.279 e. The zero-order valence-corrected chi connectivity index (χ0v) is 12.7. The van der Waals surface area contributed by atoms with E-state index in [0.29, 0.717) is 26.3 Å². The van der Waals surface area contributed by atoms with Crippen molar-refractivity contribution < 1.29 is 17.9 Å². The van der Waals surface area contributed by atoms with Gasteiger partial charge in [0, 0.05) is 27.2 Å². The van der Waals surface area contributed by atoms with Crippen LogP contribution in [0.15, 0.2) is 0 Å². The van der Waals surface area contributed by atoms with E-state index in [1.165, 1.54) is 14.1 Å². The number of nitrogens with zero attached hydrogens (tertiary/aromatic N) is 2. The first-order valence-electron chi connectivity index (χ1n) is 6.32. The molecule has 0 saturated carbocycles. The molecule has 1 aliphatic heterocycles. The van der Waals surface area contributed by atoms with E-state index < -0.39 is 16.3 Å². The summed E-state index contributed by atoms with van der Waals surface area (Å²) in [7, 11) is -0.763. The number of hydrogen-bond acceptors (Lipinski definition) is 4. The summed E-state index contributed by atoms with van der Waals surface area (Å²) >= 11 is 0. The van der Waals surface area contributed by atoms with Gasteiger partial charge in [0.1, 0.15) is 6.04 Å². The second kappa shape index (κ2) is 6.65. The first-order chi connectivity index (χ1) is 8.75. The third kappa shape index (κ3) is 4.41. The van der Waals surface area contributed by atoms with Crippen molar-refractivity contribution in [2.45, 2.75) is 19.9 Å². The first kappa shape index (κ1) is 16.4. The van der Waals surface area contributed by atoms with Gasteiger partial charge in [0.2, 0.25) is 5.91 Å². The average Bonchev–Trinajstić information content (AvgIpc) is 2.35. The van der Waals surface area contributed by atoms with Crippen LogP contribution >= 0.6 is 0 Å². The Morgan fingerprint density at radius 3 is 2.21 bits per heavy atom. The van der Waals surface area contributed by atoms with Crippen LogP contribution in [0.2, 0.25) is 0 Å². The summed E-state index contributed by atoms with van der Waals surface area (Å²) in [4.78, 5) is 14.0. The number of rotatable bonds is 5. The van der Waals surface area contributed by atoms with Gasteiger partial charge in [0.15, 0.2) is 0 Å². The maximum absolute atomic E-state index is 12.4. The van der Waals surface area contributed by atoms with Crippen molar-refractivity contribution in [1.82, 2.24) is 13.9 Å². The van der Waals surface area contributed by atoms with Gasteiger partial charge in [0.05, 0.1) is 13.2 Å². The summed E-state index contributed by atoms with van der Waals surface area (Å²) in [6.45, 7) is 5.65. The van der Waals surface area contributed by atoms with Gasteiger partial charge in [-0.3, -0.25) is 4.79 Å². The van der Waals surface area contributed by atoms with Gasteiger partial charge < -0.3 is 9.64 Å². The van der Waals surface area contributed by atoms with Crippen molar-refractivity contribution in [3.63, 3.8) is 0 Å². The van der Waals surface area contributed by atoms with Gasteiger partial charge in [-0.2, -0.15) is 17.4 Å². The normalized spacial score (nSPS) is 18.9. The van der Waals surface area contributed by atoms with Crippen molar-refractivity contribution in [3.05, 3.63) is 0 Å². The van der Waals surface area contributed by atoms with E-state index in [1.807, 2.05) is 13.8 Å². The van der Waals surface area contributed by atoms with Crippen molar-refractivity contribution >= 4 is 16.1 Å².